The fourth-order valence-corrected chi connectivity index (χ4v) is 3.38. The highest BCUT2D eigenvalue weighted by Gasteiger charge is 2.24. The van der Waals surface area contributed by atoms with Gasteiger partial charge in [0.1, 0.15) is 5.75 Å². The van der Waals surface area contributed by atoms with Gasteiger partial charge < -0.3 is 10.5 Å². The first-order valence-corrected chi connectivity index (χ1v) is 8.71. The van der Waals surface area contributed by atoms with E-state index in [4.69, 9.17) is 10.5 Å². The van der Waals surface area contributed by atoms with Gasteiger partial charge in [-0.05, 0) is 32.7 Å². The standard InChI is InChI=1S/C16H28N2OS/c1-5-13(12-20-4)18(3)15(11-17)14-9-7-8-10-16(14)19-6-2/h7-10,13,15H,5-6,11-12,17H2,1-4H3. The van der Waals surface area contributed by atoms with Crippen LogP contribution in [0.3, 0.4) is 0 Å². The maximum atomic E-state index is 6.06. The zero-order chi connectivity index (χ0) is 15.0. The van der Waals surface area contributed by atoms with Gasteiger partial charge in [-0.3, -0.25) is 4.90 Å². The normalized spacial score (nSPS) is 14.3. The summed E-state index contributed by atoms with van der Waals surface area (Å²) < 4.78 is 5.76. The fraction of sp³-hybridized carbons (Fsp3) is 0.625. The van der Waals surface area contributed by atoms with Gasteiger partial charge in [-0.15, -0.1) is 0 Å². The Morgan fingerprint density at radius 1 is 1.30 bits per heavy atom. The van der Waals surface area contributed by atoms with Gasteiger partial charge in [0.05, 0.1) is 12.6 Å². The van der Waals surface area contributed by atoms with Crippen molar-refractivity contribution in [1.29, 1.82) is 0 Å². The number of thioether (sulfide) groups is 1. The maximum Gasteiger partial charge on any atom is 0.124 e. The molecular formula is C16H28N2OS. The van der Waals surface area contributed by atoms with Crippen LogP contribution in [0, 0.1) is 0 Å². The molecule has 2 N–H and O–H groups in total. The second-order valence-electron chi connectivity index (χ2n) is 4.91. The van der Waals surface area contributed by atoms with Crippen molar-refractivity contribution < 1.29 is 4.74 Å². The summed E-state index contributed by atoms with van der Waals surface area (Å²) in [5, 5.41) is 0. The summed E-state index contributed by atoms with van der Waals surface area (Å²) >= 11 is 1.89. The van der Waals surface area contributed by atoms with E-state index in [0.29, 0.717) is 19.2 Å². The van der Waals surface area contributed by atoms with Crippen molar-refractivity contribution in [3.05, 3.63) is 29.8 Å². The third kappa shape index (κ3) is 4.40. The van der Waals surface area contributed by atoms with Gasteiger partial charge in [0, 0.05) is 23.9 Å². The largest absolute Gasteiger partial charge is 0.494 e. The number of likely N-dealkylation sites (N-methyl/N-ethyl adjacent to an activating group) is 1. The molecule has 20 heavy (non-hydrogen) atoms. The van der Waals surface area contributed by atoms with Gasteiger partial charge in [0.15, 0.2) is 0 Å². The van der Waals surface area contributed by atoms with Gasteiger partial charge in [0.25, 0.3) is 0 Å². The van der Waals surface area contributed by atoms with Gasteiger partial charge in [-0.1, -0.05) is 25.1 Å². The smallest absolute Gasteiger partial charge is 0.124 e. The van der Waals surface area contributed by atoms with Crippen molar-refractivity contribution >= 4 is 11.8 Å². The van der Waals surface area contributed by atoms with Crippen LogP contribution in [0.15, 0.2) is 24.3 Å². The Hall–Kier alpha value is -0.710. The fourth-order valence-electron chi connectivity index (χ4n) is 2.53. The lowest BCUT2D eigenvalue weighted by molar-refractivity contribution is 0.183. The number of ether oxygens (including phenoxy) is 1. The molecule has 0 amide bonds. The van der Waals surface area contributed by atoms with E-state index in [9.17, 15) is 0 Å². The molecule has 0 radical (unpaired) electrons. The molecule has 1 aromatic carbocycles. The molecule has 0 aliphatic carbocycles. The summed E-state index contributed by atoms with van der Waals surface area (Å²) in [7, 11) is 2.17. The van der Waals surface area contributed by atoms with E-state index in [1.807, 2.05) is 30.8 Å². The quantitative estimate of drug-likeness (QED) is 0.760. The summed E-state index contributed by atoms with van der Waals surface area (Å²) in [4.78, 5) is 2.40. The van der Waals surface area contributed by atoms with E-state index in [0.717, 1.165) is 17.9 Å². The zero-order valence-electron chi connectivity index (χ0n) is 13.1. The second-order valence-corrected chi connectivity index (χ2v) is 5.82. The van der Waals surface area contributed by atoms with Crippen LogP contribution in [0.5, 0.6) is 5.75 Å². The Morgan fingerprint density at radius 3 is 2.55 bits per heavy atom. The number of rotatable bonds is 9. The molecule has 0 heterocycles. The lowest BCUT2D eigenvalue weighted by Gasteiger charge is -2.34. The molecular weight excluding hydrogens is 268 g/mol. The Balaban J connectivity index is 2.99. The number of hydrogen-bond donors (Lipinski definition) is 1. The number of nitrogens with zero attached hydrogens (tertiary/aromatic N) is 1. The molecule has 2 atom stereocenters. The van der Waals surface area contributed by atoms with Gasteiger partial charge in [-0.25, -0.2) is 0 Å². The maximum absolute atomic E-state index is 6.06. The third-order valence-electron chi connectivity index (χ3n) is 3.70. The minimum absolute atomic E-state index is 0.204. The minimum Gasteiger partial charge on any atom is -0.494 e. The summed E-state index contributed by atoms with van der Waals surface area (Å²) in [6.07, 6.45) is 3.28. The predicted octanol–water partition coefficient (Wildman–Crippen LogP) is 3.16. The summed E-state index contributed by atoms with van der Waals surface area (Å²) in [6, 6.07) is 8.98. The summed E-state index contributed by atoms with van der Waals surface area (Å²) in [5.41, 5.74) is 7.25. The van der Waals surface area contributed by atoms with E-state index >= 15 is 0 Å². The molecule has 0 saturated carbocycles. The highest BCUT2D eigenvalue weighted by Crippen LogP contribution is 2.30. The Kier molecular flexibility index (Phi) is 8.04. The number of hydrogen-bond acceptors (Lipinski definition) is 4. The summed E-state index contributed by atoms with van der Waals surface area (Å²) in [5.74, 6) is 2.08. The van der Waals surface area contributed by atoms with Crippen molar-refractivity contribution in [1.82, 2.24) is 4.90 Å². The van der Waals surface area contributed by atoms with Crippen LogP contribution in [0.25, 0.3) is 0 Å². The molecule has 0 spiro atoms. The first-order valence-electron chi connectivity index (χ1n) is 7.32. The highest BCUT2D eigenvalue weighted by atomic mass is 32.2. The predicted molar refractivity (Wildman–Crippen MR) is 89.6 cm³/mol. The zero-order valence-corrected chi connectivity index (χ0v) is 14.0. The Labute approximate surface area is 127 Å². The number of nitrogens with two attached hydrogens (primary N) is 1. The second kappa shape index (κ2) is 9.27. The molecule has 0 fully saturated rings. The molecule has 4 heteroatoms. The van der Waals surface area contributed by atoms with Crippen LogP contribution in [0.2, 0.25) is 0 Å². The first kappa shape index (κ1) is 17.3. The van der Waals surface area contributed by atoms with Crippen LogP contribution < -0.4 is 10.5 Å². The molecule has 0 aliphatic heterocycles. The average Bonchev–Trinajstić information content (AvgIpc) is 2.47. The highest BCUT2D eigenvalue weighted by molar-refractivity contribution is 7.98. The van der Waals surface area contributed by atoms with Crippen molar-refractivity contribution in [2.75, 3.05) is 32.2 Å². The molecule has 2 unspecified atom stereocenters. The minimum atomic E-state index is 0.204. The van der Waals surface area contributed by atoms with E-state index in [1.165, 1.54) is 5.56 Å². The van der Waals surface area contributed by atoms with Crippen LogP contribution in [-0.4, -0.2) is 43.1 Å². The number of para-hydroxylation sites is 1. The molecule has 0 bridgehead atoms. The van der Waals surface area contributed by atoms with E-state index in [-0.39, 0.29) is 6.04 Å². The average molecular weight is 296 g/mol. The molecule has 114 valence electrons. The van der Waals surface area contributed by atoms with Crippen molar-refractivity contribution in [2.24, 2.45) is 5.73 Å². The van der Waals surface area contributed by atoms with Gasteiger partial charge >= 0.3 is 0 Å². The molecule has 0 saturated heterocycles. The van der Waals surface area contributed by atoms with Crippen molar-refractivity contribution in [3.8, 4) is 5.75 Å². The summed E-state index contributed by atoms with van der Waals surface area (Å²) in [6.45, 7) is 5.53. The Bertz CT molecular complexity index is 386. The first-order chi connectivity index (χ1) is 9.69. The van der Waals surface area contributed by atoms with Crippen LogP contribution in [-0.2, 0) is 0 Å². The van der Waals surface area contributed by atoms with Crippen LogP contribution in [0.1, 0.15) is 31.9 Å². The Morgan fingerprint density at radius 2 is 2.00 bits per heavy atom. The van der Waals surface area contributed by atoms with Gasteiger partial charge in [0.2, 0.25) is 0 Å². The SMILES string of the molecule is CCOc1ccccc1C(CN)N(C)C(CC)CSC. The molecule has 1 aromatic rings. The van der Waals surface area contributed by atoms with Crippen LogP contribution >= 0.6 is 11.8 Å². The van der Waals surface area contributed by atoms with E-state index in [1.54, 1.807) is 0 Å². The number of benzene rings is 1. The van der Waals surface area contributed by atoms with Gasteiger partial charge in [-0.2, -0.15) is 11.8 Å². The molecule has 0 aromatic heterocycles. The molecule has 0 aliphatic rings. The van der Waals surface area contributed by atoms with Crippen LogP contribution in [0.4, 0.5) is 0 Å². The van der Waals surface area contributed by atoms with Crippen molar-refractivity contribution in [2.45, 2.75) is 32.4 Å². The lowest BCUT2D eigenvalue weighted by Crippen LogP contribution is -2.39. The monoisotopic (exact) mass is 296 g/mol. The topological polar surface area (TPSA) is 38.5 Å². The van der Waals surface area contributed by atoms with E-state index < -0.39 is 0 Å². The lowest BCUT2D eigenvalue weighted by atomic mass is 10.0. The molecule has 1 rings (SSSR count). The van der Waals surface area contributed by atoms with E-state index in [2.05, 4.69) is 37.3 Å². The third-order valence-corrected chi connectivity index (χ3v) is 4.42. The van der Waals surface area contributed by atoms with Crippen molar-refractivity contribution in [3.63, 3.8) is 0 Å². The molecule has 3 nitrogen and oxygen atoms in total.